The summed E-state index contributed by atoms with van der Waals surface area (Å²) in [6.07, 6.45) is 0. The number of amides is 1. The van der Waals surface area contributed by atoms with Gasteiger partial charge in [-0.15, -0.1) is 0 Å². The van der Waals surface area contributed by atoms with Crippen LogP contribution in [0.2, 0.25) is 0 Å². The van der Waals surface area contributed by atoms with Crippen LogP contribution in [-0.4, -0.2) is 5.91 Å². The third kappa shape index (κ3) is 2.07. The number of nitrogens with two attached hydrogens (primary N) is 1. The molecule has 18 heavy (non-hydrogen) atoms. The molecule has 0 atom stereocenters. The Morgan fingerprint density at radius 1 is 1.00 bits per heavy atom. The second-order valence-electron chi connectivity index (χ2n) is 3.67. The highest BCUT2D eigenvalue weighted by molar-refractivity contribution is 5.94. The van der Waals surface area contributed by atoms with Crippen LogP contribution in [0.25, 0.3) is 11.1 Å². The van der Waals surface area contributed by atoms with Gasteiger partial charge in [0.2, 0.25) is 5.91 Å². The lowest BCUT2D eigenvalue weighted by Gasteiger charge is -2.06. The van der Waals surface area contributed by atoms with E-state index >= 15 is 0 Å². The van der Waals surface area contributed by atoms with Crippen molar-refractivity contribution in [1.29, 1.82) is 0 Å². The molecule has 92 valence electrons. The maximum absolute atomic E-state index is 13.5. The molecule has 2 aromatic carbocycles. The standard InChI is InChI=1S/C13H8F3NO/c14-10-5-4-9(11(15)12(10)16)7-2-1-3-8(6-7)13(17)18/h1-6H,(H2,17,18). The van der Waals surface area contributed by atoms with Crippen molar-refractivity contribution in [3.8, 4) is 11.1 Å². The minimum atomic E-state index is -1.54. The summed E-state index contributed by atoms with van der Waals surface area (Å²) in [5, 5.41) is 0. The number of benzene rings is 2. The van der Waals surface area contributed by atoms with Gasteiger partial charge in [0.15, 0.2) is 17.5 Å². The maximum Gasteiger partial charge on any atom is 0.248 e. The Balaban J connectivity index is 2.59. The minimum absolute atomic E-state index is 0.128. The molecule has 0 fully saturated rings. The summed E-state index contributed by atoms with van der Waals surface area (Å²) >= 11 is 0. The van der Waals surface area contributed by atoms with E-state index in [2.05, 4.69) is 0 Å². The number of hydrogen-bond acceptors (Lipinski definition) is 1. The normalized spacial score (nSPS) is 10.4. The molecule has 0 unspecified atom stereocenters. The van der Waals surface area contributed by atoms with Crippen molar-refractivity contribution >= 4 is 5.91 Å². The van der Waals surface area contributed by atoms with Gasteiger partial charge in [0, 0.05) is 11.1 Å². The molecular formula is C13H8F3NO. The fourth-order valence-electron chi connectivity index (χ4n) is 1.59. The fourth-order valence-corrected chi connectivity index (χ4v) is 1.59. The second kappa shape index (κ2) is 4.52. The van der Waals surface area contributed by atoms with Crippen molar-refractivity contribution in [1.82, 2.24) is 0 Å². The quantitative estimate of drug-likeness (QED) is 0.819. The number of hydrogen-bond donors (Lipinski definition) is 1. The first-order valence-corrected chi connectivity index (χ1v) is 5.04. The lowest BCUT2D eigenvalue weighted by Crippen LogP contribution is -2.10. The first kappa shape index (κ1) is 12.2. The molecule has 2 nitrogen and oxygen atoms in total. The van der Waals surface area contributed by atoms with Crippen molar-refractivity contribution in [2.45, 2.75) is 0 Å². The van der Waals surface area contributed by atoms with Crippen LogP contribution in [0, 0.1) is 17.5 Å². The van der Waals surface area contributed by atoms with Crippen LogP contribution in [0.15, 0.2) is 36.4 Å². The van der Waals surface area contributed by atoms with E-state index in [0.29, 0.717) is 0 Å². The summed E-state index contributed by atoms with van der Waals surface area (Å²) in [4.78, 5) is 11.0. The van der Waals surface area contributed by atoms with Crippen molar-refractivity contribution in [2.75, 3.05) is 0 Å². The Morgan fingerprint density at radius 3 is 2.39 bits per heavy atom. The molecule has 0 saturated carbocycles. The van der Waals surface area contributed by atoms with Crippen LogP contribution in [0.3, 0.4) is 0 Å². The molecule has 0 aromatic heterocycles. The van der Waals surface area contributed by atoms with Crippen LogP contribution >= 0.6 is 0 Å². The van der Waals surface area contributed by atoms with Gasteiger partial charge < -0.3 is 5.73 Å². The van der Waals surface area contributed by atoms with Crippen molar-refractivity contribution < 1.29 is 18.0 Å². The van der Waals surface area contributed by atoms with Crippen LogP contribution in [0.1, 0.15) is 10.4 Å². The van der Waals surface area contributed by atoms with E-state index in [-0.39, 0.29) is 16.7 Å². The molecule has 0 spiro atoms. The molecule has 0 saturated heterocycles. The fraction of sp³-hybridized carbons (Fsp3) is 0. The first-order valence-electron chi connectivity index (χ1n) is 5.04. The van der Waals surface area contributed by atoms with E-state index in [1.54, 1.807) is 0 Å². The Morgan fingerprint density at radius 2 is 1.72 bits per heavy atom. The Bertz CT molecular complexity index is 626. The van der Waals surface area contributed by atoms with E-state index in [1.165, 1.54) is 24.3 Å². The predicted molar refractivity (Wildman–Crippen MR) is 60.3 cm³/mol. The van der Waals surface area contributed by atoms with Gasteiger partial charge in [-0.2, -0.15) is 0 Å². The van der Waals surface area contributed by atoms with E-state index in [0.717, 1.165) is 12.1 Å². The zero-order chi connectivity index (χ0) is 13.3. The smallest absolute Gasteiger partial charge is 0.248 e. The molecular weight excluding hydrogens is 243 g/mol. The zero-order valence-electron chi connectivity index (χ0n) is 9.08. The third-order valence-electron chi connectivity index (χ3n) is 2.49. The van der Waals surface area contributed by atoms with Gasteiger partial charge in [0.25, 0.3) is 0 Å². The topological polar surface area (TPSA) is 43.1 Å². The Kier molecular flexibility index (Phi) is 3.06. The van der Waals surface area contributed by atoms with Gasteiger partial charge in [-0.25, -0.2) is 13.2 Å². The Hall–Kier alpha value is -2.30. The number of carbonyl (C=O) groups excluding carboxylic acids is 1. The van der Waals surface area contributed by atoms with Gasteiger partial charge in [0.05, 0.1) is 0 Å². The lowest BCUT2D eigenvalue weighted by molar-refractivity contribution is 0.100. The van der Waals surface area contributed by atoms with Crippen LogP contribution in [-0.2, 0) is 0 Å². The summed E-state index contributed by atoms with van der Waals surface area (Å²) in [5.41, 5.74) is 5.37. The molecule has 2 rings (SSSR count). The summed E-state index contributed by atoms with van der Waals surface area (Å²) in [6, 6.07) is 7.65. The van der Waals surface area contributed by atoms with Crippen molar-refractivity contribution in [2.24, 2.45) is 5.73 Å². The molecule has 2 aromatic rings. The van der Waals surface area contributed by atoms with E-state index in [1.807, 2.05) is 0 Å². The van der Waals surface area contributed by atoms with Crippen LogP contribution in [0.5, 0.6) is 0 Å². The minimum Gasteiger partial charge on any atom is -0.366 e. The van der Waals surface area contributed by atoms with Gasteiger partial charge in [-0.3, -0.25) is 4.79 Å². The first-order chi connectivity index (χ1) is 8.50. The largest absolute Gasteiger partial charge is 0.366 e. The van der Waals surface area contributed by atoms with Gasteiger partial charge in [-0.1, -0.05) is 12.1 Å². The number of primary amides is 1. The molecule has 0 aliphatic heterocycles. The molecule has 2 N–H and O–H groups in total. The SMILES string of the molecule is NC(=O)c1cccc(-c2ccc(F)c(F)c2F)c1. The van der Waals surface area contributed by atoms with E-state index in [4.69, 9.17) is 5.73 Å². The highest BCUT2D eigenvalue weighted by atomic mass is 19.2. The number of halogens is 3. The van der Waals surface area contributed by atoms with Crippen molar-refractivity contribution in [3.05, 3.63) is 59.4 Å². The maximum atomic E-state index is 13.5. The predicted octanol–water partition coefficient (Wildman–Crippen LogP) is 2.87. The van der Waals surface area contributed by atoms with Crippen molar-refractivity contribution in [3.63, 3.8) is 0 Å². The van der Waals surface area contributed by atoms with Crippen LogP contribution < -0.4 is 5.73 Å². The molecule has 0 bridgehead atoms. The summed E-state index contributed by atoms with van der Waals surface area (Å²) in [7, 11) is 0. The monoisotopic (exact) mass is 251 g/mol. The van der Waals surface area contributed by atoms with Gasteiger partial charge >= 0.3 is 0 Å². The lowest BCUT2D eigenvalue weighted by atomic mass is 10.0. The number of rotatable bonds is 2. The molecule has 0 aliphatic carbocycles. The number of carbonyl (C=O) groups is 1. The molecule has 0 aliphatic rings. The van der Waals surface area contributed by atoms with Crippen LogP contribution in [0.4, 0.5) is 13.2 Å². The average molecular weight is 251 g/mol. The molecule has 0 heterocycles. The molecule has 1 amide bonds. The highest BCUT2D eigenvalue weighted by Gasteiger charge is 2.15. The summed E-state index contributed by atoms with van der Waals surface area (Å²) < 4.78 is 39.4. The summed E-state index contributed by atoms with van der Waals surface area (Å²) in [6.45, 7) is 0. The van der Waals surface area contributed by atoms with Gasteiger partial charge in [-0.05, 0) is 29.8 Å². The van der Waals surface area contributed by atoms with Gasteiger partial charge in [0.1, 0.15) is 0 Å². The summed E-state index contributed by atoms with van der Waals surface area (Å²) in [5.74, 6) is -4.78. The highest BCUT2D eigenvalue weighted by Crippen LogP contribution is 2.26. The molecule has 5 heteroatoms. The average Bonchev–Trinajstić information content (AvgIpc) is 2.36. The van der Waals surface area contributed by atoms with E-state index in [9.17, 15) is 18.0 Å². The Labute approximate surface area is 101 Å². The van der Waals surface area contributed by atoms with E-state index < -0.39 is 23.4 Å². The zero-order valence-corrected chi connectivity index (χ0v) is 9.08. The second-order valence-corrected chi connectivity index (χ2v) is 3.67. The molecule has 0 radical (unpaired) electrons. The third-order valence-corrected chi connectivity index (χ3v) is 2.49.